The van der Waals surface area contributed by atoms with E-state index in [4.69, 9.17) is 0 Å². The van der Waals surface area contributed by atoms with Crippen LogP contribution < -0.4 is 5.56 Å². The van der Waals surface area contributed by atoms with Gasteiger partial charge >= 0.3 is 0 Å². The van der Waals surface area contributed by atoms with Gasteiger partial charge in [-0.15, -0.1) is 11.3 Å². The van der Waals surface area contributed by atoms with Crippen molar-refractivity contribution in [2.75, 3.05) is 6.54 Å². The molecule has 0 spiro atoms. The van der Waals surface area contributed by atoms with Gasteiger partial charge in [-0.2, -0.15) is 0 Å². The van der Waals surface area contributed by atoms with Gasteiger partial charge < -0.3 is 4.90 Å². The highest BCUT2D eigenvalue weighted by Gasteiger charge is 2.37. The van der Waals surface area contributed by atoms with Crippen LogP contribution in [-0.2, 0) is 23.3 Å². The molecule has 5 nitrogen and oxygen atoms in total. The van der Waals surface area contributed by atoms with Crippen LogP contribution in [0.2, 0.25) is 0 Å². The molecule has 0 aliphatic carbocycles. The second-order valence-corrected chi connectivity index (χ2v) is 9.42. The standard InChI is InChI=1S/C25H23N3O2S/c1-25(2)20-11-7-6-8-17(20)12-13-28(25)22(29)15-27-16-26-23-19(24(27)30)14-21(31-23)18-9-4-3-5-10-18/h3-11,14,16H,12-13,15H2,1-2H3. The van der Waals surface area contributed by atoms with Gasteiger partial charge in [0.25, 0.3) is 5.56 Å². The minimum absolute atomic E-state index is 0.0100. The predicted molar refractivity (Wildman–Crippen MR) is 124 cm³/mol. The topological polar surface area (TPSA) is 55.2 Å². The second kappa shape index (κ2) is 7.46. The fourth-order valence-corrected chi connectivity index (χ4v) is 5.47. The Balaban J connectivity index is 1.45. The molecule has 2 aromatic heterocycles. The molecule has 3 heterocycles. The highest BCUT2D eigenvalue weighted by Crippen LogP contribution is 2.35. The van der Waals surface area contributed by atoms with Gasteiger partial charge in [-0.3, -0.25) is 14.2 Å². The van der Waals surface area contributed by atoms with Crippen molar-refractivity contribution in [3.63, 3.8) is 0 Å². The molecule has 0 saturated carbocycles. The molecular formula is C25H23N3O2S. The smallest absolute Gasteiger partial charge is 0.262 e. The first-order chi connectivity index (χ1) is 14.9. The van der Waals surface area contributed by atoms with E-state index in [1.54, 1.807) is 0 Å². The first-order valence-corrected chi connectivity index (χ1v) is 11.2. The minimum atomic E-state index is -0.421. The third-order valence-electron chi connectivity index (χ3n) is 6.14. The summed E-state index contributed by atoms with van der Waals surface area (Å²) in [6.07, 6.45) is 2.32. The Kier molecular flexibility index (Phi) is 4.74. The lowest BCUT2D eigenvalue weighted by Gasteiger charge is -2.44. The summed E-state index contributed by atoms with van der Waals surface area (Å²) >= 11 is 1.49. The molecule has 1 aliphatic rings. The first kappa shape index (κ1) is 19.7. The van der Waals surface area contributed by atoms with E-state index in [0.29, 0.717) is 16.8 Å². The maximum absolute atomic E-state index is 13.2. The zero-order chi connectivity index (χ0) is 21.6. The number of amides is 1. The van der Waals surface area contributed by atoms with Crippen LogP contribution in [0.25, 0.3) is 20.7 Å². The average Bonchev–Trinajstić information content (AvgIpc) is 3.22. The largest absolute Gasteiger partial charge is 0.332 e. The minimum Gasteiger partial charge on any atom is -0.332 e. The van der Waals surface area contributed by atoms with Crippen LogP contribution in [0.5, 0.6) is 0 Å². The summed E-state index contributed by atoms with van der Waals surface area (Å²) in [4.78, 5) is 34.4. The number of carbonyl (C=O) groups is 1. The Labute approximate surface area is 184 Å². The molecule has 0 bridgehead atoms. The molecule has 1 aliphatic heterocycles. The Bertz CT molecular complexity index is 1340. The number of nitrogens with zero attached hydrogens (tertiary/aromatic N) is 3. The number of thiophene rings is 1. The molecule has 5 rings (SSSR count). The zero-order valence-corrected chi connectivity index (χ0v) is 18.4. The molecule has 0 unspecified atom stereocenters. The van der Waals surface area contributed by atoms with E-state index in [-0.39, 0.29) is 18.0 Å². The normalized spacial score (nSPS) is 15.1. The maximum Gasteiger partial charge on any atom is 0.262 e. The van der Waals surface area contributed by atoms with E-state index in [9.17, 15) is 9.59 Å². The highest BCUT2D eigenvalue weighted by molar-refractivity contribution is 7.21. The van der Waals surface area contributed by atoms with Gasteiger partial charge in [-0.25, -0.2) is 4.98 Å². The number of rotatable bonds is 3. The van der Waals surface area contributed by atoms with Crippen LogP contribution in [0, 0.1) is 0 Å². The summed E-state index contributed by atoms with van der Waals surface area (Å²) in [5.41, 5.74) is 2.91. The van der Waals surface area contributed by atoms with E-state index in [1.165, 1.54) is 33.4 Å². The summed E-state index contributed by atoms with van der Waals surface area (Å²) in [5, 5.41) is 0.558. The van der Waals surface area contributed by atoms with Crippen molar-refractivity contribution in [2.24, 2.45) is 0 Å². The van der Waals surface area contributed by atoms with Gasteiger partial charge in [0.15, 0.2) is 0 Å². The van der Waals surface area contributed by atoms with Gasteiger partial charge in [-0.05, 0) is 43.0 Å². The second-order valence-electron chi connectivity index (χ2n) is 8.38. The highest BCUT2D eigenvalue weighted by atomic mass is 32.1. The average molecular weight is 430 g/mol. The summed E-state index contributed by atoms with van der Waals surface area (Å²) in [5.74, 6) is -0.0683. The Morgan fingerprint density at radius 3 is 2.65 bits per heavy atom. The van der Waals surface area contributed by atoms with Crippen LogP contribution >= 0.6 is 11.3 Å². The molecular weight excluding hydrogens is 406 g/mol. The lowest BCUT2D eigenvalue weighted by Crippen LogP contribution is -2.51. The molecule has 0 saturated heterocycles. The molecule has 2 aromatic carbocycles. The first-order valence-electron chi connectivity index (χ1n) is 10.4. The number of fused-ring (bicyclic) bond motifs is 2. The van der Waals surface area contributed by atoms with Crippen LogP contribution in [-0.4, -0.2) is 26.9 Å². The van der Waals surface area contributed by atoms with Crippen LogP contribution in [0.3, 0.4) is 0 Å². The van der Waals surface area contributed by atoms with Crippen LogP contribution in [0.4, 0.5) is 0 Å². The molecule has 0 fully saturated rings. The number of benzene rings is 2. The summed E-state index contributed by atoms with van der Waals surface area (Å²) in [6, 6.07) is 20.1. The van der Waals surface area contributed by atoms with Gasteiger partial charge in [-0.1, -0.05) is 54.6 Å². The lowest BCUT2D eigenvalue weighted by atomic mass is 9.83. The quantitative estimate of drug-likeness (QED) is 0.484. The summed E-state index contributed by atoms with van der Waals surface area (Å²) in [7, 11) is 0. The maximum atomic E-state index is 13.2. The molecule has 6 heteroatoms. The Morgan fingerprint density at radius 1 is 1.10 bits per heavy atom. The molecule has 1 amide bonds. The van der Waals surface area contributed by atoms with E-state index >= 15 is 0 Å². The van der Waals surface area contributed by atoms with E-state index in [0.717, 1.165) is 16.9 Å². The monoisotopic (exact) mass is 429 g/mol. The van der Waals surface area contributed by atoms with Crippen molar-refractivity contribution < 1.29 is 4.79 Å². The lowest BCUT2D eigenvalue weighted by molar-refractivity contribution is -0.138. The number of hydrogen-bond donors (Lipinski definition) is 0. The number of hydrogen-bond acceptors (Lipinski definition) is 4. The van der Waals surface area contributed by atoms with Crippen molar-refractivity contribution in [2.45, 2.75) is 32.4 Å². The molecule has 156 valence electrons. The molecule has 0 radical (unpaired) electrons. The summed E-state index contributed by atoms with van der Waals surface area (Å²) < 4.78 is 1.43. The Hall–Kier alpha value is -3.25. The van der Waals surface area contributed by atoms with Crippen LogP contribution in [0.15, 0.2) is 71.8 Å². The van der Waals surface area contributed by atoms with Gasteiger partial charge in [0.1, 0.15) is 11.4 Å². The molecule has 0 atom stereocenters. The van der Waals surface area contributed by atoms with Crippen molar-refractivity contribution in [1.29, 1.82) is 0 Å². The van der Waals surface area contributed by atoms with Gasteiger partial charge in [0.2, 0.25) is 5.91 Å². The van der Waals surface area contributed by atoms with Crippen LogP contribution in [0.1, 0.15) is 25.0 Å². The molecule has 4 aromatic rings. The van der Waals surface area contributed by atoms with Crippen molar-refractivity contribution in [3.05, 3.63) is 88.5 Å². The SMILES string of the molecule is CC1(C)c2ccccc2CCN1C(=O)Cn1cnc2sc(-c3ccccc3)cc2c1=O. The fraction of sp³-hybridized carbons (Fsp3) is 0.240. The van der Waals surface area contributed by atoms with E-state index in [1.807, 2.05) is 53.4 Å². The molecule has 31 heavy (non-hydrogen) atoms. The Morgan fingerprint density at radius 2 is 1.84 bits per heavy atom. The van der Waals surface area contributed by atoms with E-state index in [2.05, 4.69) is 31.0 Å². The molecule has 0 N–H and O–H groups in total. The predicted octanol–water partition coefficient (Wildman–Crippen LogP) is 4.45. The van der Waals surface area contributed by atoms with E-state index < -0.39 is 5.54 Å². The number of aromatic nitrogens is 2. The summed E-state index contributed by atoms with van der Waals surface area (Å²) in [6.45, 7) is 4.77. The van der Waals surface area contributed by atoms with Crippen molar-refractivity contribution in [1.82, 2.24) is 14.5 Å². The third kappa shape index (κ3) is 3.37. The zero-order valence-electron chi connectivity index (χ0n) is 17.5. The van der Waals surface area contributed by atoms with Gasteiger partial charge in [0, 0.05) is 11.4 Å². The number of carbonyl (C=O) groups excluding carboxylic acids is 1. The van der Waals surface area contributed by atoms with Crippen molar-refractivity contribution >= 4 is 27.5 Å². The van der Waals surface area contributed by atoms with Gasteiger partial charge in [0.05, 0.1) is 17.3 Å². The third-order valence-corrected chi connectivity index (χ3v) is 7.23. The fourth-order valence-electron chi connectivity index (χ4n) is 4.48. The van der Waals surface area contributed by atoms with Crippen molar-refractivity contribution in [3.8, 4) is 10.4 Å².